The number of carbonyl (C=O) groups is 4. The lowest BCUT2D eigenvalue weighted by Crippen LogP contribution is -2.26. The Hall–Kier alpha value is -2.32. The van der Waals surface area contributed by atoms with Gasteiger partial charge in [0.05, 0.1) is 26.1 Å². The number of hydrogen-bond donors (Lipinski definition) is 8. The fourth-order valence-corrected chi connectivity index (χ4v) is 0.661. The van der Waals surface area contributed by atoms with Gasteiger partial charge < -0.3 is 45.6 Å². The molecule has 0 bridgehead atoms. The number of carboxylic acid groups (broad SMARTS) is 3. The van der Waals surface area contributed by atoms with E-state index < -0.39 is 55.7 Å². The number of carbonyl (C=O) groups excluding carboxylic acids is 1. The first-order valence-electron chi connectivity index (χ1n) is 6.05. The van der Waals surface area contributed by atoms with E-state index in [1.807, 2.05) is 0 Å². The van der Waals surface area contributed by atoms with Crippen molar-refractivity contribution in [3.63, 3.8) is 0 Å². The zero-order chi connectivity index (χ0) is 19.7. The Morgan fingerprint density at radius 1 is 0.750 bits per heavy atom. The van der Waals surface area contributed by atoms with E-state index in [0.717, 1.165) is 0 Å². The highest BCUT2D eigenvalue weighted by Crippen LogP contribution is 1.94. The summed E-state index contributed by atoms with van der Waals surface area (Å²) < 4.78 is 3.91. The third-order valence-corrected chi connectivity index (χ3v) is 1.60. The van der Waals surface area contributed by atoms with Crippen LogP contribution in [0.15, 0.2) is 0 Å². The second-order valence-corrected chi connectivity index (χ2v) is 3.61. The molecule has 0 heterocycles. The van der Waals surface area contributed by atoms with E-state index in [4.69, 9.17) is 40.9 Å². The number of hydrogen-bond acceptors (Lipinski definition) is 10. The Morgan fingerprint density at radius 2 is 1.12 bits per heavy atom. The van der Waals surface area contributed by atoms with E-state index in [1.165, 1.54) is 0 Å². The van der Waals surface area contributed by atoms with Gasteiger partial charge in [0.2, 0.25) is 0 Å². The number of rotatable bonds is 8. The van der Waals surface area contributed by atoms with Crippen molar-refractivity contribution in [1.29, 1.82) is 0 Å². The first-order chi connectivity index (χ1) is 11.0. The van der Waals surface area contributed by atoms with Gasteiger partial charge in [-0.25, -0.2) is 9.59 Å². The Labute approximate surface area is 135 Å². The molecule has 0 rings (SSSR count). The molecule has 0 amide bonds. The number of aliphatic hydroxyl groups excluding tert-OH is 5. The van der Waals surface area contributed by atoms with Gasteiger partial charge in [0.1, 0.15) is 0 Å². The molecule has 0 aliphatic heterocycles. The van der Waals surface area contributed by atoms with Crippen molar-refractivity contribution in [3.05, 3.63) is 0 Å². The van der Waals surface area contributed by atoms with Gasteiger partial charge in [-0.3, -0.25) is 9.59 Å². The van der Waals surface area contributed by atoms with E-state index in [-0.39, 0.29) is 13.2 Å². The van der Waals surface area contributed by atoms with E-state index in [9.17, 15) is 19.2 Å². The highest BCUT2D eigenvalue weighted by molar-refractivity contribution is 5.80. The molecule has 0 fully saturated rings. The molecular weight excluding hydrogens is 340 g/mol. The largest absolute Gasteiger partial charge is 0.481 e. The van der Waals surface area contributed by atoms with Crippen molar-refractivity contribution in [1.82, 2.24) is 0 Å². The molecule has 8 N–H and O–H groups in total. The normalized spacial score (nSPS) is 11.5. The summed E-state index contributed by atoms with van der Waals surface area (Å²) in [7, 11) is 0. The summed E-state index contributed by atoms with van der Waals surface area (Å²) in [6.45, 7) is -1.12. The van der Waals surface area contributed by atoms with Crippen molar-refractivity contribution >= 4 is 23.9 Å². The highest BCUT2D eigenvalue weighted by Gasteiger charge is 2.19. The van der Waals surface area contributed by atoms with Crippen molar-refractivity contribution in [2.45, 2.75) is 25.0 Å². The van der Waals surface area contributed by atoms with Crippen molar-refractivity contribution in [2.24, 2.45) is 0 Å². The van der Waals surface area contributed by atoms with Gasteiger partial charge in [0, 0.05) is 0 Å². The number of aliphatic carboxylic acids is 3. The molecule has 0 radical (unpaired) electrons. The van der Waals surface area contributed by atoms with Gasteiger partial charge in [-0.2, -0.15) is 0 Å². The van der Waals surface area contributed by atoms with E-state index >= 15 is 0 Å². The minimum absolute atomic E-state index is 0.125. The van der Waals surface area contributed by atoms with Gasteiger partial charge in [-0.15, -0.1) is 0 Å². The third kappa shape index (κ3) is 22.0. The van der Waals surface area contributed by atoms with Crippen LogP contribution in [0, 0.1) is 0 Å². The molecule has 13 heteroatoms. The second kappa shape index (κ2) is 17.0. The monoisotopic (exact) mass is 360 g/mol. The lowest BCUT2D eigenvalue weighted by molar-refractivity contribution is -0.165. The molecule has 0 aromatic carbocycles. The molecule has 13 nitrogen and oxygen atoms in total. The number of ether oxygens (including phenoxy) is 1. The van der Waals surface area contributed by atoms with Crippen molar-refractivity contribution in [3.8, 4) is 0 Å². The molecule has 0 aromatic rings. The van der Waals surface area contributed by atoms with Crippen LogP contribution in [-0.2, 0) is 23.9 Å². The molecule has 142 valence electrons. The summed E-state index contributed by atoms with van der Waals surface area (Å²) in [5.74, 6) is -5.30. The maximum absolute atomic E-state index is 10.4. The molecule has 0 aromatic heterocycles. The molecular formula is C11H20O13. The zero-order valence-corrected chi connectivity index (χ0v) is 12.3. The van der Waals surface area contributed by atoms with Gasteiger partial charge in [-0.1, -0.05) is 0 Å². The molecule has 0 saturated carbocycles. The number of carboxylic acids is 3. The topological polar surface area (TPSA) is 239 Å². The van der Waals surface area contributed by atoms with Crippen molar-refractivity contribution < 1.29 is 64.8 Å². The van der Waals surface area contributed by atoms with E-state index in [1.54, 1.807) is 0 Å². The minimum atomic E-state index is -1.79. The average molecular weight is 360 g/mol. The maximum atomic E-state index is 10.4. The second-order valence-electron chi connectivity index (χ2n) is 3.61. The van der Waals surface area contributed by atoms with E-state index in [0.29, 0.717) is 0 Å². The van der Waals surface area contributed by atoms with Crippen LogP contribution in [0.1, 0.15) is 12.8 Å². The van der Waals surface area contributed by atoms with Crippen LogP contribution in [0.4, 0.5) is 0 Å². The molecule has 0 saturated heterocycles. The van der Waals surface area contributed by atoms with Crippen LogP contribution in [0.2, 0.25) is 0 Å². The summed E-state index contributed by atoms with van der Waals surface area (Å²) >= 11 is 0. The summed E-state index contributed by atoms with van der Waals surface area (Å²) in [6, 6.07) is 0. The lowest BCUT2D eigenvalue weighted by atomic mass is 10.2. The Morgan fingerprint density at radius 3 is 1.33 bits per heavy atom. The van der Waals surface area contributed by atoms with Crippen LogP contribution >= 0.6 is 0 Å². The summed E-state index contributed by atoms with van der Waals surface area (Å²) in [6.07, 6.45) is -4.98. The van der Waals surface area contributed by atoms with Crippen LogP contribution < -0.4 is 0 Å². The summed E-state index contributed by atoms with van der Waals surface area (Å²) in [4.78, 5) is 39.7. The quantitative estimate of drug-likeness (QED) is 0.153. The Bertz CT molecular complexity index is 378. The first kappa shape index (κ1) is 26.6. The maximum Gasteiger partial charge on any atom is 0.337 e. The van der Waals surface area contributed by atoms with Crippen LogP contribution in [0.5, 0.6) is 0 Å². The van der Waals surface area contributed by atoms with Crippen LogP contribution in [0.3, 0.4) is 0 Å². The molecule has 24 heavy (non-hydrogen) atoms. The minimum Gasteiger partial charge on any atom is -0.481 e. The highest BCUT2D eigenvalue weighted by atomic mass is 16.6. The standard InChI is InChI=1S/C5H8O6.C4H6O5.C2H6O2/c6-2-11-5(10)3(7)1-4(8)9;5-2(4(8)9)1-3(6)7;3-1-2-4/h3,6-7H,1-2H2,(H,8,9);2,5H,1H2,(H,6,7)(H,8,9);3-4H,1-2H2. The SMILES string of the molecule is O=C(O)CC(O)C(=O)O.O=C(O)CC(O)C(=O)OCO.OCCO. The van der Waals surface area contributed by atoms with Crippen molar-refractivity contribution in [2.75, 3.05) is 20.0 Å². The van der Waals surface area contributed by atoms with Crippen LogP contribution in [-0.4, -0.2) is 96.9 Å². The molecule has 2 atom stereocenters. The molecule has 0 aliphatic carbocycles. The fourth-order valence-electron chi connectivity index (χ4n) is 0.661. The Balaban J connectivity index is -0.000000305. The molecule has 0 aliphatic rings. The first-order valence-corrected chi connectivity index (χ1v) is 6.05. The van der Waals surface area contributed by atoms with Crippen LogP contribution in [0.25, 0.3) is 0 Å². The zero-order valence-electron chi connectivity index (χ0n) is 12.3. The van der Waals surface area contributed by atoms with Gasteiger partial charge >= 0.3 is 23.9 Å². The van der Waals surface area contributed by atoms with Gasteiger partial charge in [0.15, 0.2) is 19.0 Å². The number of esters is 1. The Kier molecular flexibility index (Phi) is 18.9. The fraction of sp³-hybridized carbons (Fsp3) is 0.636. The summed E-state index contributed by atoms with van der Waals surface area (Å²) in [5.41, 5.74) is 0. The molecule has 2 unspecified atom stereocenters. The lowest BCUT2D eigenvalue weighted by Gasteiger charge is -2.04. The third-order valence-electron chi connectivity index (χ3n) is 1.60. The van der Waals surface area contributed by atoms with E-state index in [2.05, 4.69) is 4.74 Å². The predicted molar refractivity (Wildman–Crippen MR) is 71.5 cm³/mol. The predicted octanol–water partition coefficient (Wildman–Crippen LogP) is -3.81. The van der Waals surface area contributed by atoms with Gasteiger partial charge in [-0.05, 0) is 0 Å². The smallest absolute Gasteiger partial charge is 0.337 e. The average Bonchev–Trinajstić information content (AvgIpc) is 2.47. The van der Waals surface area contributed by atoms with Gasteiger partial charge in [0.25, 0.3) is 0 Å². The summed E-state index contributed by atoms with van der Waals surface area (Å²) in [5, 5.41) is 64.1. The molecule has 0 spiro atoms. The number of aliphatic hydroxyl groups is 5.